The van der Waals surface area contributed by atoms with E-state index in [4.69, 9.17) is 26.8 Å². The maximum Gasteiger partial charge on any atom is 0.355 e. The van der Waals surface area contributed by atoms with E-state index < -0.39 is 17.9 Å². The van der Waals surface area contributed by atoms with Crippen LogP contribution in [-0.2, 0) is 19.1 Å². The summed E-state index contributed by atoms with van der Waals surface area (Å²) in [6.45, 7) is 0. The Bertz CT molecular complexity index is 1160. The van der Waals surface area contributed by atoms with Crippen molar-refractivity contribution in [3.05, 3.63) is 86.3 Å². The molecule has 0 radical (unpaired) electrons. The summed E-state index contributed by atoms with van der Waals surface area (Å²) in [7, 11) is 2.37. The summed E-state index contributed by atoms with van der Waals surface area (Å²) in [5.41, 5.74) is 7.10. The van der Waals surface area contributed by atoms with E-state index in [-0.39, 0.29) is 27.7 Å². The minimum absolute atomic E-state index is 0.0476. The number of allylic oxidation sites excluding steroid dienone is 1. The Balaban J connectivity index is 2.43. The van der Waals surface area contributed by atoms with E-state index in [0.29, 0.717) is 15.7 Å². The van der Waals surface area contributed by atoms with Crippen molar-refractivity contribution >= 4 is 45.2 Å². The number of nitriles is 1. The average Bonchev–Trinajstić information content (AvgIpc) is 2.78. The molecule has 1 atom stereocenters. The molecule has 31 heavy (non-hydrogen) atoms. The highest BCUT2D eigenvalue weighted by Crippen LogP contribution is 2.44. The number of hydrogen-bond donors (Lipinski definition) is 1. The van der Waals surface area contributed by atoms with E-state index in [1.165, 1.54) is 19.1 Å². The van der Waals surface area contributed by atoms with E-state index in [0.717, 1.165) is 0 Å². The van der Waals surface area contributed by atoms with E-state index in [1.807, 2.05) is 0 Å². The number of rotatable bonds is 4. The first-order valence-electron chi connectivity index (χ1n) is 8.96. The van der Waals surface area contributed by atoms with Crippen LogP contribution in [0.15, 0.2) is 75.7 Å². The predicted molar refractivity (Wildman–Crippen MR) is 119 cm³/mol. The number of nitrogens with two attached hydrogens (primary N) is 1. The Labute approximate surface area is 192 Å². The van der Waals surface area contributed by atoms with Crippen molar-refractivity contribution in [2.45, 2.75) is 5.92 Å². The summed E-state index contributed by atoms with van der Waals surface area (Å²) < 4.78 is 10.6. The lowest BCUT2D eigenvalue weighted by molar-refractivity contribution is -0.139. The Morgan fingerprint density at radius 2 is 1.77 bits per heavy atom. The van der Waals surface area contributed by atoms with Crippen LogP contribution >= 0.6 is 27.5 Å². The van der Waals surface area contributed by atoms with Gasteiger partial charge >= 0.3 is 11.9 Å². The lowest BCUT2D eigenvalue weighted by Crippen LogP contribution is -2.40. The maximum atomic E-state index is 12.9. The maximum absolute atomic E-state index is 12.9. The summed E-state index contributed by atoms with van der Waals surface area (Å²) in [6, 6.07) is 15.8. The quantitative estimate of drug-likeness (QED) is 0.630. The Morgan fingerprint density at radius 1 is 1.13 bits per heavy atom. The molecule has 0 aliphatic carbocycles. The molecule has 2 aromatic rings. The van der Waals surface area contributed by atoms with Gasteiger partial charge in [0, 0.05) is 4.47 Å². The second-order valence-electron chi connectivity index (χ2n) is 6.43. The van der Waals surface area contributed by atoms with Gasteiger partial charge in [0.1, 0.15) is 11.5 Å². The van der Waals surface area contributed by atoms with Gasteiger partial charge in [0.05, 0.1) is 48.1 Å². The molecule has 158 valence electrons. The predicted octanol–water partition coefficient (Wildman–Crippen LogP) is 4.00. The number of anilines is 1. The van der Waals surface area contributed by atoms with Crippen LogP contribution in [0.3, 0.4) is 0 Å². The van der Waals surface area contributed by atoms with Gasteiger partial charge in [-0.15, -0.1) is 0 Å². The molecule has 1 heterocycles. The zero-order chi connectivity index (χ0) is 22.7. The Hall–Kier alpha value is -3.28. The molecule has 0 fully saturated rings. The molecule has 7 nitrogen and oxygen atoms in total. The summed E-state index contributed by atoms with van der Waals surface area (Å²) in [6.07, 6.45) is 0. The molecule has 3 rings (SSSR count). The zero-order valence-electron chi connectivity index (χ0n) is 16.6. The van der Waals surface area contributed by atoms with Crippen LogP contribution < -0.4 is 10.6 Å². The van der Waals surface area contributed by atoms with Crippen LogP contribution in [0, 0.1) is 11.3 Å². The molecule has 0 spiro atoms. The van der Waals surface area contributed by atoms with Crippen molar-refractivity contribution in [2.75, 3.05) is 19.1 Å². The lowest BCUT2D eigenvalue weighted by Gasteiger charge is -2.36. The third kappa shape index (κ3) is 4.02. The fraction of sp³-hybridized carbons (Fsp3) is 0.136. The average molecular weight is 503 g/mol. The van der Waals surface area contributed by atoms with Gasteiger partial charge in [0.25, 0.3) is 0 Å². The molecule has 0 bridgehead atoms. The number of esters is 2. The van der Waals surface area contributed by atoms with Crippen LogP contribution in [0.4, 0.5) is 5.69 Å². The molecular weight excluding hydrogens is 486 g/mol. The minimum Gasteiger partial charge on any atom is -0.466 e. The Kier molecular flexibility index (Phi) is 6.68. The molecule has 1 aliphatic heterocycles. The summed E-state index contributed by atoms with van der Waals surface area (Å²) in [5, 5.41) is 10.2. The van der Waals surface area contributed by atoms with Gasteiger partial charge in [-0.05, 0) is 23.8 Å². The molecular formula is C22H17BrClN3O4. The summed E-state index contributed by atoms with van der Waals surface area (Å²) in [5.74, 6) is -2.61. The molecule has 9 heteroatoms. The van der Waals surface area contributed by atoms with E-state index in [9.17, 15) is 14.9 Å². The molecule has 0 aromatic heterocycles. The van der Waals surface area contributed by atoms with E-state index in [2.05, 4.69) is 22.0 Å². The lowest BCUT2D eigenvalue weighted by atomic mass is 9.81. The van der Waals surface area contributed by atoms with Crippen molar-refractivity contribution in [3.63, 3.8) is 0 Å². The van der Waals surface area contributed by atoms with Crippen molar-refractivity contribution < 1.29 is 19.1 Å². The fourth-order valence-corrected chi connectivity index (χ4v) is 4.18. The first kappa shape index (κ1) is 22.4. The smallest absolute Gasteiger partial charge is 0.355 e. The number of carbonyl (C=O) groups excluding carboxylic acids is 2. The van der Waals surface area contributed by atoms with E-state index >= 15 is 0 Å². The Morgan fingerprint density at radius 3 is 2.32 bits per heavy atom. The van der Waals surface area contributed by atoms with Crippen molar-refractivity contribution in [2.24, 2.45) is 5.73 Å². The second kappa shape index (κ2) is 9.25. The van der Waals surface area contributed by atoms with Crippen LogP contribution in [-0.4, -0.2) is 26.2 Å². The number of carbonyl (C=O) groups is 2. The third-order valence-corrected chi connectivity index (χ3v) is 5.56. The van der Waals surface area contributed by atoms with Crippen LogP contribution in [0.1, 0.15) is 11.5 Å². The largest absolute Gasteiger partial charge is 0.466 e. The number of benzene rings is 2. The molecule has 2 N–H and O–H groups in total. The first-order chi connectivity index (χ1) is 14.8. The van der Waals surface area contributed by atoms with Gasteiger partial charge in [0.15, 0.2) is 0 Å². The molecule has 1 unspecified atom stereocenters. The van der Waals surface area contributed by atoms with Gasteiger partial charge in [0.2, 0.25) is 0 Å². The first-order valence-corrected chi connectivity index (χ1v) is 10.1. The number of ether oxygens (including phenoxy) is 2. The van der Waals surface area contributed by atoms with Crippen LogP contribution in [0.5, 0.6) is 0 Å². The number of hydrogen-bond acceptors (Lipinski definition) is 7. The minimum atomic E-state index is -0.932. The highest BCUT2D eigenvalue weighted by molar-refractivity contribution is 9.10. The standard InChI is InChI=1S/C22H17BrClN3O4/c1-30-21(28)18-17(12-6-4-3-5-7-12)14(11-25)20(26)27(19(18)22(29)31-2)16-9-8-13(23)10-15(16)24/h3-10,17H,26H2,1-2H3. The normalized spacial score (nSPS) is 16.1. The number of methoxy groups -OCH3 is 2. The topological polar surface area (TPSA) is 106 Å². The van der Waals surface area contributed by atoms with Gasteiger partial charge in [-0.1, -0.05) is 57.9 Å². The van der Waals surface area contributed by atoms with Gasteiger partial charge in [-0.3, -0.25) is 4.90 Å². The van der Waals surface area contributed by atoms with Gasteiger partial charge in [-0.25, -0.2) is 9.59 Å². The second-order valence-corrected chi connectivity index (χ2v) is 7.75. The number of halogens is 2. The molecule has 0 amide bonds. The van der Waals surface area contributed by atoms with Gasteiger partial charge in [-0.2, -0.15) is 5.26 Å². The van der Waals surface area contributed by atoms with Crippen molar-refractivity contribution in [1.29, 1.82) is 5.26 Å². The highest BCUT2D eigenvalue weighted by Gasteiger charge is 2.43. The number of nitrogens with zero attached hydrogens (tertiary/aromatic N) is 2. The highest BCUT2D eigenvalue weighted by atomic mass is 79.9. The molecule has 0 saturated carbocycles. The molecule has 0 saturated heterocycles. The SMILES string of the molecule is COC(=O)C1=C(C(=O)OC)N(c2ccc(Br)cc2Cl)C(N)=C(C#N)C1c1ccccc1. The van der Waals surface area contributed by atoms with Crippen molar-refractivity contribution in [3.8, 4) is 6.07 Å². The zero-order valence-corrected chi connectivity index (χ0v) is 18.9. The summed E-state index contributed by atoms with van der Waals surface area (Å²) >= 11 is 9.75. The molecule has 1 aliphatic rings. The fourth-order valence-electron chi connectivity index (χ4n) is 3.43. The third-order valence-electron chi connectivity index (χ3n) is 4.76. The van der Waals surface area contributed by atoms with Gasteiger partial charge < -0.3 is 15.2 Å². The van der Waals surface area contributed by atoms with Crippen molar-refractivity contribution in [1.82, 2.24) is 0 Å². The summed E-state index contributed by atoms with van der Waals surface area (Å²) in [4.78, 5) is 27.1. The monoisotopic (exact) mass is 501 g/mol. The van der Waals surface area contributed by atoms with E-state index in [1.54, 1.807) is 48.5 Å². The van der Waals surface area contributed by atoms with Crippen LogP contribution in [0.25, 0.3) is 0 Å². The van der Waals surface area contributed by atoms with Crippen LogP contribution in [0.2, 0.25) is 5.02 Å². The molecule has 2 aromatic carbocycles.